The molecule has 0 bridgehead atoms. The summed E-state index contributed by atoms with van der Waals surface area (Å²) in [5, 5.41) is 0. The molecule has 0 radical (unpaired) electrons. The van der Waals surface area contributed by atoms with Crippen molar-refractivity contribution in [3.05, 3.63) is 69.8 Å². The van der Waals surface area contributed by atoms with E-state index in [2.05, 4.69) is 25.7 Å². The van der Waals surface area contributed by atoms with Crippen LogP contribution < -0.4 is 4.74 Å². The number of aliphatic imine (C=N–C) groups is 1. The van der Waals surface area contributed by atoms with Gasteiger partial charge in [-0.05, 0) is 51.8 Å². The van der Waals surface area contributed by atoms with Crippen molar-refractivity contribution in [2.75, 3.05) is 0 Å². The fraction of sp³-hybridized carbons (Fsp3) is 0.0588. The van der Waals surface area contributed by atoms with Crippen molar-refractivity contribution in [2.45, 2.75) is 6.36 Å². The third-order valence-electron chi connectivity index (χ3n) is 3.14. The average Bonchev–Trinajstić information content (AvgIpc) is 2.89. The molecule has 2 aromatic carbocycles. The third-order valence-corrected chi connectivity index (χ3v) is 3.83. The molecule has 0 N–H and O–H groups in total. The van der Waals surface area contributed by atoms with E-state index in [9.17, 15) is 18.0 Å². The summed E-state index contributed by atoms with van der Waals surface area (Å²) in [6.07, 6.45) is -3.33. The van der Waals surface area contributed by atoms with Gasteiger partial charge in [-0.3, -0.25) is 0 Å². The molecular weight excluding hydrogens is 403 g/mol. The summed E-state index contributed by atoms with van der Waals surface area (Å²) in [4.78, 5) is 16.1. The van der Waals surface area contributed by atoms with Crippen LogP contribution in [0.25, 0.3) is 6.08 Å². The van der Waals surface area contributed by atoms with Crippen molar-refractivity contribution in [3.63, 3.8) is 0 Å². The summed E-state index contributed by atoms with van der Waals surface area (Å²) in [7, 11) is 0. The third kappa shape index (κ3) is 4.27. The van der Waals surface area contributed by atoms with E-state index in [1.807, 2.05) is 6.07 Å². The van der Waals surface area contributed by atoms with Crippen molar-refractivity contribution in [3.8, 4) is 5.75 Å². The van der Waals surface area contributed by atoms with Crippen molar-refractivity contribution in [1.82, 2.24) is 0 Å². The topological polar surface area (TPSA) is 47.9 Å². The Bertz CT molecular complexity index is 873. The highest BCUT2D eigenvalue weighted by Crippen LogP contribution is 2.26. The monoisotopic (exact) mass is 411 g/mol. The number of rotatable bonds is 3. The largest absolute Gasteiger partial charge is 0.573 e. The van der Waals surface area contributed by atoms with Gasteiger partial charge in [0.15, 0.2) is 5.70 Å². The fourth-order valence-electron chi connectivity index (χ4n) is 2.08. The van der Waals surface area contributed by atoms with Crippen LogP contribution in [0, 0.1) is 0 Å². The first-order chi connectivity index (χ1) is 11.8. The number of nitrogens with zero attached hydrogens (tertiary/aromatic N) is 1. The van der Waals surface area contributed by atoms with E-state index in [-0.39, 0.29) is 17.3 Å². The van der Waals surface area contributed by atoms with Gasteiger partial charge in [-0.25, -0.2) is 9.79 Å². The normalized spacial score (nSPS) is 15.9. The Morgan fingerprint density at radius 1 is 1.08 bits per heavy atom. The Kier molecular flexibility index (Phi) is 4.63. The average molecular weight is 412 g/mol. The van der Waals surface area contributed by atoms with Crippen LogP contribution in [0.1, 0.15) is 11.1 Å². The lowest BCUT2D eigenvalue weighted by Crippen LogP contribution is -2.16. The van der Waals surface area contributed by atoms with Crippen molar-refractivity contribution in [1.29, 1.82) is 0 Å². The minimum Gasteiger partial charge on any atom is -0.406 e. The molecule has 0 saturated heterocycles. The van der Waals surface area contributed by atoms with Crippen LogP contribution in [0.2, 0.25) is 0 Å². The Balaban J connectivity index is 1.84. The summed E-state index contributed by atoms with van der Waals surface area (Å²) in [6, 6.07) is 12.2. The smallest absolute Gasteiger partial charge is 0.406 e. The predicted molar refractivity (Wildman–Crippen MR) is 87.9 cm³/mol. The molecule has 0 atom stereocenters. The van der Waals surface area contributed by atoms with Gasteiger partial charge in [-0.15, -0.1) is 13.2 Å². The molecule has 0 aliphatic carbocycles. The number of ether oxygens (including phenoxy) is 2. The van der Waals surface area contributed by atoms with E-state index in [1.165, 1.54) is 18.2 Å². The van der Waals surface area contributed by atoms with Gasteiger partial charge in [0.05, 0.1) is 5.56 Å². The highest BCUT2D eigenvalue weighted by molar-refractivity contribution is 9.10. The Labute approximate surface area is 148 Å². The van der Waals surface area contributed by atoms with Gasteiger partial charge in [-0.1, -0.05) is 24.3 Å². The molecule has 1 aliphatic heterocycles. The maximum Gasteiger partial charge on any atom is 0.573 e. The number of hydrogen-bond donors (Lipinski definition) is 0. The van der Waals surface area contributed by atoms with Gasteiger partial charge < -0.3 is 9.47 Å². The van der Waals surface area contributed by atoms with Gasteiger partial charge in [0.2, 0.25) is 5.90 Å². The molecule has 2 aromatic rings. The summed E-state index contributed by atoms with van der Waals surface area (Å²) in [6.45, 7) is 0. The van der Waals surface area contributed by atoms with Gasteiger partial charge >= 0.3 is 12.3 Å². The minimum absolute atomic E-state index is 0.0512. The van der Waals surface area contributed by atoms with Crippen molar-refractivity contribution in [2.24, 2.45) is 4.99 Å². The number of esters is 1. The summed E-state index contributed by atoms with van der Waals surface area (Å²) in [5.41, 5.74) is 1.15. The van der Waals surface area contributed by atoms with Gasteiger partial charge in [-0.2, -0.15) is 0 Å². The zero-order chi connectivity index (χ0) is 18.0. The van der Waals surface area contributed by atoms with Crippen LogP contribution in [-0.2, 0) is 9.53 Å². The van der Waals surface area contributed by atoms with E-state index in [0.29, 0.717) is 11.1 Å². The van der Waals surface area contributed by atoms with E-state index >= 15 is 0 Å². The van der Waals surface area contributed by atoms with E-state index in [0.717, 1.165) is 16.6 Å². The molecule has 0 spiro atoms. The van der Waals surface area contributed by atoms with E-state index < -0.39 is 12.3 Å². The van der Waals surface area contributed by atoms with Gasteiger partial charge in [0.25, 0.3) is 0 Å². The highest BCUT2D eigenvalue weighted by Gasteiger charge is 2.31. The first-order valence-electron chi connectivity index (χ1n) is 6.95. The van der Waals surface area contributed by atoms with Crippen molar-refractivity contribution >= 4 is 33.9 Å². The lowest BCUT2D eigenvalue weighted by molar-refractivity contribution is -0.274. The molecule has 25 heavy (non-hydrogen) atoms. The molecular formula is C17H9BrF3NO3. The van der Waals surface area contributed by atoms with Crippen LogP contribution in [0.5, 0.6) is 5.75 Å². The molecule has 0 amide bonds. The lowest BCUT2D eigenvalue weighted by Gasteiger charge is -2.08. The predicted octanol–water partition coefficient (Wildman–Crippen LogP) is 4.69. The summed E-state index contributed by atoms with van der Waals surface area (Å²) >= 11 is 3.35. The number of halogens is 4. The number of carbonyl (C=O) groups is 1. The van der Waals surface area contributed by atoms with Gasteiger partial charge in [0, 0.05) is 4.47 Å². The number of alkyl halides is 3. The highest BCUT2D eigenvalue weighted by atomic mass is 79.9. The molecule has 0 unspecified atom stereocenters. The number of hydrogen-bond acceptors (Lipinski definition) is 4. The molecule has 1 heterocycles. The second-order valence-electron chi connectivity index (χ2n) is 4.93. The van der Waals surface area contributed by atoms with Crippen LogP contribution in [0.3, 0.4) is 0 Å². The molecule has 8 heteroatoms. The van der Waals surface area contributed by atoms with E-state index in [4.69, 9.17) is 4.74 Å². The molecule has 128 valence electrons. The second kappa shape index (κ2) is 6.72. The Morgan fingerprint density at radius 2 is 1.76 bits per heavy atom. The zero-order valence-electron chi connectivity index (χ0n) is 12.4. The Hall–Kier alpha value is -2.61. The summed E-state index contributed by atoms with van der Waals surface area (Å²) < 4.78 is 46.1. The first-order valence-corrected chi connectivity index (χ1v) is 7.74. The van der Waals surface area contributed by atoms with Crippen LogP contribution in [-0.4, -0.2) is 18.2 Å². The fourth-order valence-corrected chi connectivity index (χ4v) is 2.54. The minimum atomic E-state index is -4.75. The molecule has 0 fully saturated rings. The number of benzene rings is 2. The van der Waals surface area contributed by atoms with Crippen molar-refractivity contribution < 1.29 is 27.4 Å². The maximum absolute atomic E-state index is 12.1. The molecule has 0 aromatic heterocycles. The molecule has 3 rings (SSSR count). The lowest BCUT2D eigenvalue weighted by atomic mass is 10.2. The standard InChI is InChI=1S/C17H9BrF3NO3/c18-13-4-2-1-3-12(13)15-22-14(16(23)24-15)9-10-5-7-11(8-6-10)25-17(19,20)21/h1-9H. The maximum atomic E-state index is 12.1. The SMILES string of the molecule is O=C1OC(c2ccccc2Br)=NC1=Cc1ccc(OC(F)(F)F)cc1. The van der Waals surface area contributed by atoms with E-state index in [1.54, 1.807) is 18.2 Å². The molecule has 1 aliphatic rings. The zero-order valence-corrected chi connectivity index (χ0v) is 14.0. The van der Waals surface area contributed by atoms with Gasteiger partial charge in [0.1, 0.15) is 5.75 Å². The first kappa shape index (κ1) is 17.2. The second-order valence-corrected chi connectivity index (χ2v) is 5.79. The Morgan fingerprint density at radius 3 is 2.40 bits per heavy atom. The number of carbonyl (C=O) groups excluding carboxylic acids is 1. The number of cyclic esters (lactones) is 1. The quantitative estimate of drug-likeness (QED) is 0.543. The van der Waals surface area contributed by atoms with Crippen LogP contribution in [0.4, 0.5) is 13.2 Å². The summed E-state index contributed by atoms with van der Waals surface area (Å²) in [5.74, 6) is -0.830. The van der Waals surface area contributed by atoms with Crippen LogP contribution in [0.15, 0.2) is 63.7 Å². The molecule has 4 nitrogen and oxygen atoms in total. The van der Waals surface area contributed by atoms with Crippen LogP contribution >= 0.6 is 15.9 Å². The molecule has 0 saturated carbocycles.